The van der Waals surface area contributed by atoms with Crippen LogP contribution in [0.3, 0.4) is 0 Å². The summed E-state index contributed by atoms with van der Waals surface area (Å²) in [5.74, 6) is 2.28. The molecule has 0 unspecified atom stereocenters. The summed E-state index contributed by atoms with van der Waals surface area (Å²) in [6, 6.07) is 8.11. The molecule has 1 aromatic heterocycles. The minimum Gasteiger partial charge on any atom is -0.495 e. The molecular weight excluding hydrogens is 264 g/mol. The molecular formula is C16H18N4O. The largest absolute Gasteiger partial charge is 0.495 e. The summed E-state index contributed by atoms with van der Waals surface area (Å²) in [5, 5.41) is 9.21. The van der Waals surface area contributed by atoms with Crippen LogP contribution >= 0.6 is 0 Å². The molecule has 0 aliphatic heterocycles. The number of methoxy groups -OCH3 is 1. The van der Waals surface area contributed by atoms with Crippen LogP contribution in [0.15, 0.2) is 18.2 Å². The first kappa shape index (κ1) is 13.5. The molecule has 1 heterocycles. The van der Waals surface area contributed by atoms with Crippen molar-refractivity contribution in [3.05, 3.63) is 29.6 Å². The van der Waals surface area contributed by atoms with Gasteiger partial charge in [0.05, 0.1) is 12.7 Å². The van der Waals surface area contributed by atoms with Gasteiger partial charge in [-0.1, -0.05) is 6.92 Å². The number of aryl methyl sites for hydroxylation is 1. The van der Waals surface area contributed by atoms with E-state index in [0.717, 1.165) is 23.5 Å². The molecule has 0 amide bonds. The first-order chi connectivity index (χ1) is 10.2. The number of nitrogens with zero attached hydrogens (tertiary/aromatic N) is 3. The monoisotopic (exact) mass is 282 g/mol. The predicted octanol–water partition coefficient (Wildman–Crippen LogP) is 2.91. The fourth-order valence-electron chi connectivity index (χ4n) is 2.64. The van der Waals surface area contributed by atoms with Crippen LogP contribution in [0.25, 0.3) is 11.3 Å². The van der Waals surface area contributed by atoms with E-state index in [1.807, 2.05) is 6.07 Å². The van der Waals surface area contributed by atoms with Gasteiger partial charge in [0.2, 0.25) is 0 Å². The molecule has 1 aliphatic carbocycles. The van der Waals surface area contributed by atoms with Gasteiger partial charge in [-0.05, 0) is 31.0 Å². The lowest BCUT2D eigenvalue weighted by Gasteiger charge is -2.07. The zero-order chi connectivity index (χ0) is 15.0. The summed E-state index contributed by atoms with van der Waals surface area (Å²) in [7, 11) is 1.56. The molecule has 0 bridgehead atoms. The van der Waals surface area contributed by atoms with Crippen molar-refractivity contribution < 1.29 is 4.74 Å². The number of nitriles is 1. The molecule has 3 rings (SSSR count). The Morgan fingerprint density at radius 1 is 1.48 bits per heavy atom. The Morgan fingerprint density at radius 3 is 2.81 bits per heavy atom. The Balaban J connectivity index is 2.11. The lowest BCUT2D eigenvalue weighted by Crippen LogP contribution is -2.04. The molecule has 2 N–H and O–H groups in total. The second-order valence-corrected chi connectivity index (χ2v) is 5.24. The highest BCUT2D eigenvalue weighted by atomic mass is 16.5. The molecule has 108 valence electrons. The average molecular weight is 282 g/mol. The Hall–Kier alpha value is -2.48. The van der Waals surface area contributed by atoms with Gasteiger partial charge in [0.15, 0.2) is 0 Å². The number of hydrogen-bond donors (Lipinski definition) is 1. The summed E-state index contributed by atoms with van der Waals surface area (Å²) >= 11 is 0. The first-order valence-corrected chi connectivity index (χ1v) is 7.14. The summed E-state index contributed by atoms with van der Waals surface area (Å²) in [5.41, 5.74) is 8.42. The molecule has 0 atom stereocenters. The molecule has 21 heavy (non-hydrogen) atoms. The van der Waals surface area contributed by atoms with Crippen LogP contribution in [-0.2, 0) is 6.42 Å². The third-order valence-corrected chi connectivity index (χ3v) is 3.84. The van der Waals surface area contributed by atoms with Crippen LogP contribution in [0.2, 0.25) is 0 Å². The topological polar surface area (TPSA) is 76.9 Å². The van der Waals surface area contributed by atoms with E-state index in [4.69, 9.17) is 10.5 Å². The highest BCUT2D eigenvalue weighted by Crippen LogP contribution is 2.41. The number of benzene rings is 1. The number of anilines is 1. The lowest BCUT2D eigenvalue weighted by atomic mass is 10.1. The van der Waals surface area contributed by atoms with Crippen molar-refractivity contribution in [2.24, 2.45) is 0 Å². The van der Waals surface area contributed by atoms with Gasteiger partial charge in [0.25, 0.3) is 0 Å². The van der Waals surface area contributed by atoms with E-state index >= 15 is 0 Å². The van der Waals surface area contributed by atoms with Crippen molar-refractivity contribution in [2.45, 2.75) is 32.2 Å². The number of ether oxygens (including phenoxy) is 1. The molecule has 1 aromatic carbocycles. The van der Waals surface area contributed by atoms with Gasteiger partial charge < -0.3 is 15.0 Å². The first-order valence-electron chi connectivity index (χ1n) is 7.14. The van der Waals surface area contributed by atoms with E-state index < -0.39 is 0 Å². The van der Waals surface area contributed by atoms with Crippen LogP contribution in [0.4, 0.5) is 5.82 Å². The molecule has 2 aromatic rings. The van der Waals surface area contributed by atoms with E-state index in [9.17, 15) is 5.26 Å². The number of rotatable bonds is 4. The van der Waals surface area contributed by atoms with Crippen LogP contribution in [0.5, 0.6) is 5.75 Å². The van der Waals surface area contributed by atoms with E-state index in [1.54, 1.807) is 19.2 Å². The smallest absolute Gasteiger partial charge is 0.136 e. The van der Waals surface area contributed by atoms with Gasteiger partial charge in [-0.15, -0.1) is 0 Å². The third-order valence-electron chi connectivity index (χ3n) is 3.84. The summed E-state index contributed by atoms with van der Waals surface area (Å²) in [6.45, 7) is 2.08. The molecule has 0 spiro atoms. The Labute approximate surface area is 124 Å². The van der Waals surface area contributed by atoms with E-state index in [2.05, 4.69) is 22.5 Å². The van der Waals surface area contributed by atoms with Crippen molar-refractivity contribution >= 4 is 5.82 Å². The molecule has 0 saturated heterocycles. The second-order valence-electron chi connectivity index (χ2n) is 5.24. The molecule has 5 nitrogen and oxygen atoms in total. The Morgan fingerprint density at radius 2 is 2.24 bits per heavy atom. The average Bonchev–Trinajstić information content (AvgIpc) is 3.29. The molecule has 1 aliphatic rings. The fraction of sp³-hybridized carbons (Fsp3) is 0.375. The maximum Gasteiger partial charge on any atom is 0.136 e. The number of hydrogen-bond acceptors (Lipinski definition) is 4. The van der Waals surface area contributed by atoms with Gasteiger partial charge in [-0.25, -0.2) is 4.98 Å². The van der Waals surface area contributed by atoms with E-state index in [1.165, 1.54) is 12.8 Å². The van der Waals surface area contributed by atoms with Crippen molar-refractivity contribution in [1.29, 1.82) is 5.26 Å². The standard InChI is InChI=1S/C16H18N4O/c1-3-14-19-15(16(18)20(14)12-5-6-12)10-4-7-13(21-2)11(8-10)9-17/h4,7-8,12H,3,5-6,18H2,1-2H3. The second kappa shape index (κ2) is 5.13. The van der Waals surface area contributed by atoms with Gasteiger partial charge >= 0.3 is 0 Å². The molecule has 1 saturated carbocycles. The number of nitrogens with two attached hydrogens (primary N) is 1. The zero-order valence-electron chi connectivity index (χ0n) is 12.3. The van der Waals surface area contributed by atoms with Crippen molar-refractivity contribution in [3.8, 4) is 23.1 Å². The van der Waals surface area contributed by atoms with Crippen LogP contribution in [-0.4, -0.2) is 16.7 Å². The van der Waals surface area contributed by atoms with Gasteiger partial charge in [-0.2, -0.15) is 5.26 Å². The minimum absolute atomic E-state index is 0.494. The zero-order valence-corrected chi connectivity index (χ0v) is 12.3. The maximum atomic E-state index is 9.21. The van der Waals surface area contributed by atoms with E-state index in [-0.39, 0.29) is 0 Å². The lowest BCUT2D eigenvalue weighted by molar-refractivity contribution is 0.413. The maximum absolute atomic E-state index is 9.21. The van der Waals surface area contributed by atoms with Crippen LogP contribution in [0.1, 0.15) is 37.2 Å². The summed E-state index contributed by atoms with van der Waals surface area (Å²) in [6.07, 6.45) is 3.18. The van der Waals surface area contributed by atoms with Crippen molar-refractivity contribution in [2.75, 3.05) is 12.8 Å². The number of imidazole rings is 1. The fourth-order valence-corrected chi connectivity index (χ4v) is 2.64. The SMILES string of the molecule is CCc1nc(-c2ccc(OC)c(C#N)c2)c(N)n1C1CC1. The molecule has 5 heteroatoms. The van der Waals surface area contributed by atoms with Gasteiger partial charge in [-0.3, -0.25) is 0 Å². The summed E-state index contributed by atoms with van der Waals surface area (Å²) in [4.78, 5) is 4.68. The van der Waals surface area contributed by atoms with Gasteiger partial charge in [0.1, 0.15) is 29.2 Å². The highest BCUT2D eigenvalue weighted by Gasteiger charge is 2.29. The van der Waals surface area contributed by atoms with Crippen LogP contribution in [0, 0.1) is 11.3 Å². The van der Waals surface area contributed by atoms with Crippen molar-refractivity contribution in [3.63, 3.8) is 0 Å². The third kappa shape index (κ3) is 2.23. The van der Waals surface area contributed by atoms with E-state index in [0.29, 0.717) is 23.2 Å². The predicted molar refractivity (Wildman–Crippen MR) is 81.0 cm³/mol. The molecule has 0 radical (unpaired) electrons. The normalized spacial score (nSPS) is 14.0. The Kier molecular flexibility index (Phi) is 3.30. The number of nitrogen functional groups attached to an aromatic ring is 1. The number of aromatic nitrogens is 2. The Bertz CT molecular complexity index is 723. The highest BCUT2D eigenvalue weighted by molar-refractivity contribution is 5.73. The minimum atomic E-state index is 0.494. The molecule has 1 fully saturated rings. The van der Waals surface area contributed by atoms with Gasteiger partial charge in [0, 0.05) is 18.0 Å². The van der Waals surface area contributed by atoms with Crippen molar-refractivity contribution in [1.82, 2.24) is 9.55 Å². The van der Waals surface area contributed by atoms with Crippen LogP contribution < -0.4 is 10.5 Å². The summed E-state index contributed by atoms with van der Waals surface area (Å²) < 4.78 is 7.32. The quantitative estimate of drug-likeness (QED) is 0.935.